The second-order valence-electron chi connectivity index (χ2n) is 4.92. The smallest absolute Gasteiger partial charge is 0.242 e. The van der Waals surface area contributed by atoms with E-state index < -0.39 is 6.04 Å². The highest BCUT2D eigenvalue weighted by Crippen LogP contribution is 2.27. The third-order valence-electron chi connectivity index (χ3n) is 3.50. The van der Waals surface area contributed by atoms with Crippen molar-refractivity contribution in [3.05, 3.63) is 47.3 Å². The molecular weight excluding hydrogens is 270 g/mol. The number of nitrogens with zero attached hydrogens (tertiary/aromatic N) is 1. The molecule has 0 saturated carbocycles. The van der Waals surface area contributed by atoms with Crippen LogP contribution in [0.4, 0.5) is 0 Å². The number of hydrogen-bond acceptors (Lipinski definition) is 5. The molecule has 2 aromatic rings. The molecule has 3 rings (SSSR count). The number of para-hydroxylation sites is 1. The average molecular weight is 287 g/mol. The lowest BCUT2D eigenvalue weighted by Crippen LogP contribution is -2.37. The fourth-order valence-corrected chi connectivity index (χ4v) is 2.33. The molecule has 1 aliphatic rings. The van der Waals surface area contributed by atoms with Gasteiger partial charge < -0.3 is 14.6 Å². The topological polar surface area (TPSA) is 76.4 Å². The molecule has 2 N–H and O–H groups in total. The van der Waals surface area contributed by atoms with Crippen LogP contribution >= 0.6 is 0 Å². The van der Waals surface area contributed by atoms with Crippen LogP contribution in [0.25, 0.3) is 0 Å². The Morgan fingerprint density at radius 3 is 3.14 bits per heavy atom. The summed E-state index contributed by atoms with van der Waals surface area (Å²) in [6.45, 7) is 3.41. The number of carbonyl (C=O) groups excluding carboxylic acids is 1. The molecule has 0 bridgehead atoms. The van der Waals surface area contributed by atoms with Crippen molar-refractivity contribution in [2.75, 3.05) is 13.2 Å². The molecule has 0 spiro atoms. The first-order valence-electron chi connectivity index (χ1n) is 6.88. The number of aromatic nitrogens is 1. The van der Waals surface area contributed by atoms with E-state index in [1.807, 2.05) is 31.2 Å². The number of amides is 1. The Morgan fingerprint density at radius 2 is 2.33 bits per heavy atom. The van der Waals surface area contributed by atoms with Crippen LogP contribution in [-0.4, -0.2) is 24.2 Å². The lowest BCUT2D eigenvalue weighted by molar-refractivity contribution is -0.123. The molecule has 0 radical (unpaired) electrons. The fraction of sp³-hybridized carbons (Fsp3) is 0.333. The van der Waals surface area contributed by atoms with Gasteiger partial charge in [0.15, 0.2) is 0 Å². The summed E-state index contributed by atoms with van der Waals surface area (Å²) in [5.74, 6) is 0.664. The Bertz CT molecular complexity index is 639. The molecule has 1 unspecified atom stereocenters. The molecule has 1 amide bonds. The number of carbonyl (C=O) groups is 1. The molecule has 0 aliphatic carbocycles. The molecular formula is C15H17N3O3. The zero-order valence-corrected chi connectivity index (χ0v) is 11.8. The molecule has 110 valence electrons. The Morgan fingerprint density at radius 1 is 1.48 bits per heavy atom. The van der Waals surface area contributed by atoms with Gasteiger partial charge in [0.05, 0.1) is 5.69 Å². The third-order valence-corrected chi connectivity index (χ3v) is 3.50. The van der Waals surface area contributed by atoms with Crippen LogP contribution in [0.3, 0.4) is 0 Å². The normalized spacial score (nSPS) is 17.5. The van der Waals surface area contributed by atoms with E-state index in [9.17, 15) is 4.79 Å². The van der Waals surface area contributed by atoms with Gasteiger partial charge >= 0.3 is 0 Å². The molecule has 1 aromatic heterocycles. The molecule has 0 fully saturated rings. The van der Waals surface area contributed by atoms with Crippen LogP contribution in [0.2, 0.25) is 0 Å². The lowest BCUT2D eigenvalue weighted by Gasteiger charge is -2.17. The fourth-order valence-electron chi connectivity index (χ4n) is 2.33. The molecule has 1 atom stereocenters. The molecule has 21 heavy (non-hydrogen) atoms. The standard InChI is InChI=1S/C15H17N3O3/c1-10-11(9-21-18-10)8-17-15(19)14-12-4-2-3-5-13(12)20-7-6-16-14/h2-5,9,14,16H,6-8H2,1H3,(H,17,19). The maximum absolute atomic E-state index is 12.4. The van der Waals surface area contributed by atoms with Gasteiger partial charge in [0.1, 0.15) is 24.7 Å². The molecule has 6 nitrogen and oxygen atoms in total. The zero-order valence-electron chi connectivity index (χ0n) is 11.8. The van der Waals surface area contributed by atoms with Crippen LogP contribution in [0, 0.1) is 6.92 Å². The number of rotatable bonds is 3. The SMILES string of the molecule is Cc1nocc1CNC(=O)C1NCCOc2ccccc21. The summed E-state index contributed by atoms with van der Waals surface area (Å²) >= 11 is 0. The van der Waals surface area contributed by atoms with E-state index >= 15 is 0 Å². The minimum atomic E-state index is -0.413. The second kappa shape index (κ2) is 5.97. The van der Waals surface area contributed by atoms with E-state index in [-0.39, 0.29) is 5.91 Å². The van der Waals surface area contributed by atoms with E-state index in [0.29, 0.717) is 19.7 Å². The maximum Gasteiger partial charge on any atom is 0.242 e. The van der Waals surface area contributed by atoms with Gasteiger partial charge in [-0.2, -0.15) is 0 Å². The summed E-state index contributed by atoms with van der Waals surface area (Å²) in [4.78, 5) is 12.4. The number of hydrogen-bond donors (Lipinski definition) is 2. The van der Waals surface area contributed by atoms with Crippen molar-refractivity contribution in [2.24, 2.45) is 0 Å². The molecule has 0 saturated heterocycles. The van der Waals surface area contributed by atoms with Crippen LogP contribution in [-0.2, 0) is 11.3 Å². The Labute approximate surface area is 122 Å². The van der Waals surface area contributed by atoms with Crippen molar-refractivity contribution in [2.45, 2.75) is 19.5 Å². The summed E-state index contributed by atoms with van der Waals surface area (Å²) in [5, 5.41) is 9.91. The molecule has 6 heteroatoms. The molecule has 1 aliphatic heterocycles. The van der Waals surface area contributed by atoms with E-state index in [0.717, 1.165) is 22.6 Å². The number of fused-ring (bicyclic) bond motifs is 1. The van der Waals surface area contributed by atoms with Crippen molar-refractivity contribution in [1.82, 2.24) is 15.8 Å². The van der Waals surface area contributed by atoms with Gasteiger partial charge in [-0.1, -0.05) is 23.4 Å². The van der Waals surface area contributed by atoms with Crippen LogP contribution in [0.15, 0.2) is 35.1 Å². The van der Waals surface area contributed by atoms with Crippen LogP contribution in [0.5, 0.6) is 5.75 Å². The van der Waals surface area contributed by atoms with Crippen molar-refractivity contribution in [3.63, 3.8) is 0 Å². The highest BCUT2D eigenvalue weighted by Gasteiger charge is 2.25. The van der Waals surface area contributed by atoms with Gasteiger partial charge in [0.2, 0.25) is 5.91 Å². The predicted octanol–water partition coefficient (Wildman–Crippen LogP) is 1.32. The second-order valence-corrected chi connectivity index (χ2v) is 4.92. The Kier molecular flexibility index (Phi) is 3.87. The van der Waals surface area contributed by atoms with E-state index in [2.05, 4.69) is 15.8 Å². The third kappa shape index (κ3) is 2.90. The highest BCUT2D eigenvalue weighted by atomic mass is 16.5. The first-order valence-corrected chi connectivity index (χ1v) is 6.88. The van der Waals surface area contributed by atoms with Gasteiger partial charge in [0, 0.05) is 24.2 Å². The minimum Gasteiger partial charge on any atom is -0.492 e. The highest BCUT2D eigenvalue weighted by molar-refractivity contribution is 5.84. The van der Waals surface area contributed by atoms with E-state index in [1.165, 1.54) is 0 Å². The maximum atomic E-state index is 12.4. The van der Waals surface area contributed by atoms with Crippen molar-refractivity contribution in [3.8, 4) is 5.75 Å². The van der Waals surface area contributed by atoms with Gasteiger partial charge in [-0.05, 0) is 13.0 Å². The summed E-state index contributed by atoms with van der Waals surface area (Å²) in [5.41, 5.74) is 2.52. The van der Waals surface area contributed by atoms with E-state index in [1.54, 1.807) is 6.26 Å². The van der Waals surface area contributed by atoms with Gasteiger partial charge in [-0.3, -0.25) is 10.1 Å². The van der Waals surface area contributed by atoms with Crippen LogP contribution in [0.1, 0.15) is 22.9 Å². The summed E-state index contributed by atoms with van der Waals surface area (Å²) < 4.78 is 10.5. The molecule has 2 heterocycles. The summed E-state index contributed by atoms with van der Waals surface area (Å²) in [7, 11) is 0. The van der Waals surface area contributed by atoms with Crippen LogP contribution < -0.4 is 15.4 Å². The van der Waals surface area contributed by atoms with Crippen molar-refractivity contribution >= 4 is 5.91 Å². The monoisotopic (exact) mass is 287 g/mol. The predicted molar refractivity (Wildman–Crippen MR) is 75.8 cm³/mol. The minimum absolute atomic E-state index is 0.0893. The van der Waals surface area contributed by atoms with Gasteiger partial charge in [0.25, 0.3) is 0 Å². The summed E-state index contributed by atoms with van der Waals surface area (Å²) in [6, 6.07) is 7.18. The first-order chi connectivity index (χ1) is 10.3. The van der Waals surface area contributed by atoms with Gasteiger partial charge in [-0.25, -0.2) is 0 Å². The van der Waals surface area contributed by atoms with Gasteiger partial charge in [-0.15, -0.1) is 0 Å². The average Bonchev–Trinajstić information content (AvgIpc) is 2.79. The number of nitrogens with one attached hydrogen (secondary N) is 2. The summed E-state index contributed by atoms with van der Waals surface area (Å²) in [6.07, 6.45) is 1.55. The first kappa shape index (κ1) is 13.6. The quantitative estimate of drug-likeness (QED) is 0.890. The molecule has 1 aromatic carbocycles. The van der Waals surface area contributed by atoms with E-state index in [4.69, 9.17) is 9.26 Å². The van der Waals surface area contributed by atoms with Crippen molar-refractivity contribution in [1.29, 1.82) is 0 Å². The lowest BCUT2D eigenvalue weighted by atomic mass is 10.1. The zero-order chi connectivity index (χ0) is 14.7. The van der Waals surface area contributed by atoms with Crippen molar-refractivity contribution < 1.29 is 14.1 Å². The largest absolute Gasteiger partial charge is 0.492 e. The number of ether oxygens (including phenoxy) is 1. The number of aryl methyl sites for hydroxylation is 1. The Balaban J connectivity index is 1.73. The number of benzene rings is 1. The Hall–Kier alpha value is -2.34.